The molecule has 1 aromatic rings. The SMILES string of the molecule is CCNc1ccc(C(=O)N(C)C2CCCC2)cc1[N+](=O)[O-]. The van der Waals surface area contributed by atoms with E-state index in [1.165, 1.54) is 6.07 Å². The van der Waals surface area contributed by atoms with Gasteiger partial charge in [-0.15, -0.1) is 0 Å². The fraction of sp³-hybridized carbons (Fsp3) is 0.533. The molecule has 0 atom stereocenters. The molecule has 1 aliphatic rings. The molecular weight excluding hydrogens is 270 g/mol. The van der Waals surface area contributed by atoms with Gasteiger partial charge in [-0.3, -0.25) is 14.9 Å². The molecule has 21 heavy (non-hydrogen) atoms. The van der Waals surface area contributed by atoms with E-state index in [1.807, 2.05) is 6.92 Å². The van der Waals surface area contributed by atoms with Crippen LogP contribution in [-0.2, 0) is 0 Å². The van der Waals surface area contributed by atoms with Crippen molar-refractivity contribution in [3.63, 3.8) is 0 Å². The van der Waals surface area contributed by atoms with Gasteiger partial charge in [-0.05, 0) is 31.9 Å². The van der Waals surface area contributed by atoms with Gasteiger partial charge >= 0.3 is 0 Å². The first-order chi connectivity index (χ1) is 10.0. The highest BCUT2D eigenvalue weighted by Gasteiger charge is 2.25. The Morgan fingerprint density at radius 3 is 2.67 bits per heavy atom. The van der Waals surface area contributed by atoms with Crippen LogP contribution < -0.4 is 5.32 Å². The first-order valence-corrected chi connectivity index (χ1v) is 7.34. The molecule has 6 nitrogen and oxygen atoms in total. The molecule has 1 N–H and O–H groups in total. The monoisotopic (exact) mass is 291 g/mol. The Morgan fingerprint density at radius 1 is 1.43 bits per heavy atom. The smallest absolute Gasteiger partial charge is 0.293 e. The average molecular weight is 291 g/mol. The van der Waals surface area contributed by atoms with Gasteiger partial charge in [-0.25, -0.2) is 0 Å². The minimum atomic E-state index is -0.454. The van der Waals surface area contributed by atoms with Crippen molar-refractivity contribution in [2.45, 2.75) is 38.6 Å². The molecular formula is C15H21N3O3. The molecule has 1 fully saturated rings. The number of hydrogen-bond donors (Lipinski definition) is 1. The molecule has 1 aromatic carbocycles. The van der Waals surface area contributed by atoms with Crippen molar-refractivity contribution in [2.24, 2.45) is 0 Å². The Hall–Kier alpha value is -2.11. The average Bonchev–Trinajstić information content (AvgIpc) is 3.00. The van der Waals surface area contributed by atoms with Crippen LogP contribution >= 0.6 is 0 Å². The molecule has 0 bridgehead atoms. The highest BCUT2D eigenvalue weighted by molar-refractivity contribution is 5.95. The van der Waals surface area contributed by atoms with E-state index < -0.39 is 4.92 Å². The lowest BCUT2D eigenvalue weighted by atomic mass is 10.1. The number of hydrogen-bond acceptors (Lipinski definition) is 4. The first kappa shape index (κ1) is 15.3. The summed E-state index contributed by atoms with van der Waals surface area (Å²) in [6.45, 7) is 2.47. The number of nitro benzene ring substituents is 1. The first-order valence-electron chi connectivity index (χ1n) is 7.34. The molecule has 1 saturated carbocycles. The summed E-state index contributed by atoms with van der Waals surface area (Å²) in [6, 6.07) is 4.88. The van der Waals surface area contributed by atoms with Crippen LogP contribution in [0.4, 0.5) is 11.4 Å². The minimum absolute atomic E-state index is 0.0532. The second-order valence-electron chi connectivity index (χ2n) is 5.37. The van der Waals surface area contributed by atoms with Crippen LogP contribution in [0, 0.1) is 10.1 Å². The summed E-state index contributed by atoms with van der Waals surface area (Å²) in [5, 5.41) is 14.1. The number of rotatable bonds is 5. The maximum absolute atomic E-state index is 12.5. The van der Waals surface area contributed by atoms with Crippen molar-refractivity contribution in [3.8, 4) is 0 Å². The number of benzene rings is 1. The molecule has 1 aliphatic carbocycles. The van der Waals surface area contributed by atoms with Crippen LogP contribution in [0.15, 0.2) is 18.2 Å². The van der Waals surface area contributed by atoms with Crippen molar-refractivity contribution in [1.29, 1.82) is 0 Å². The van der Waals surface area contributed by atoms with Crippen LogP contribution in [-0.4, -0.2) is 35.4 Å². The summed E-state index contributed by atoms with van der Waals surface area (Å²) in [5.41, 5.74) is 0.767. The van der Waals surface area contributed by atoms with Crippen molar-refractivity contribution in [3.05, 3.63) is 33.9 Å². The van der Waals surface area contributed by atoms with Gasteiger partial charge in [0.1, 0.15) is 5.69 Å². The van der Waals surface area contributed by atoms with Crippen LogP contribution in [0.2, 0.25) is 0 Å². The zero-order valence-electron chi connectivity index (χ0n) is 12.5. The molecule has 0 radical (unpaired) electrons. The molecule has 6 heteroatoms. The lowest BCUT2D eigenvalue weighted by Crippen LogP contribution is -2.35. The van der Waals surface area contributed by atoms with Gasteiger partial charge in [0.05, 0.1) is 4.92 Å². The summed E-state index contributed by atoms with van der Waals surface area (Å²) in [6.07, 6.45) is 4.31. The van der Waals surface area contributed by atoms with Gasteiger partial charge in [-0.2, -0.15) is 0 Å². The van der Waals surface area contributed by atoms with E-state index in [-0.39, 0.29) is 17.6 Å². The third-order valence-corrected chi connectivity index (χ3v) is 4.00. The lowest BCUT2D eigenvalue weighted by Gasteiger charge is -2.24. The molecule has 0 spiro atoms. The highest BCUT2D eigenvalue weighted by Crippen LogP contribution is 2.28. The predicted molar refractivity (Wildman–Crippen MR) is 81.6 cm³/mol. The van der Waals surface area contributed by atoms with E-state index in [9.17, 15) is 14.9 Å². The number of carbonyl (C=O) groups excluding carboxylic acids is 1. The van der Waals surface area contributed by atoms with E-state index in [0.717, 1.165) is 25.7 Å². The zero-order valence-corrected chi connectivity index (χ0v) is 12.5. The standard InChI is InChI=1S/C15H21N3O3/c1-3-16-13-9-8-11(10-14(13)18(20)21)15(19)17(2)12-6-4-5-7-12/h8-10,12,16H,3-7H2,1-2H3. The number of nitro groups is 1. The van der Waals surface area contributed by atoms with E-state index in [2.05, 4.69) is 5.32 Å². The fourth-order valence-corrected chi connectivity index (χ4v) is 2.82. The Bertz CT molecular complexity index is 539. The normalized spacial score (nSPS) is 15.0. The van der Waals surface area contributed by atoms with E-state index in [4.69, 9.17) is 0 Å². The molecule has 0 aromatic heterocycles. The van der Waals surface area contributed by atoms with Gasteiger partial charge in [-0.1, -0.05) is 12.8 Å². The fourth-order valence-electron chi connectivity index (χ4n) is 2.82. The topological polar surface area (TPSA) is 75.5 Å². The second-order valence-corrected chi connectivity index (χ2v) is 5.37. The Balaban J connectivity index is 2.24. The van der Waals surface area contributed by atoms with Gasteiger partial charge in [0.25, 0.3) is 11.6 Å². The summed E-state index contributed by atoms with van der Waals surface area (Å²) in [4.78, 5) is 24.9. The minimum Gasteiger partial charge on any atom is -0.380 e. The quantitative estimate of drug-likeness (QED) is 0.668. The number of amides is 1. The maximum atomic E-state index is 12.5. The Labute approximate surface area is 124 Å². The molecule has 0 heterocycles. The van der Waals surface area contributed by atoms with Gasteiger partial charge in [0.15, 0.2) is 0 Å². The molecule has 1 amide bonds. The van der Waals surface area contributed by atoms with Crippen molar-refractivity contribution < 1.29 is 9.72 Å². The molecule has 0 saturated heterocycles. The highest BCUT2D eigenvalue weighted by atomic mass is 16.6. The third-order valence-electron chi connectivity index (χ3n) is 4.00. The summed E-state index contributed by atoms with van der Waals surface area (Å²) >= 11 is 0. The van der Waals surface area contributed by atoms with Gasteiger partial charge in [0.2, 0.25) is 0 Å². The van der Waals surface area contributed by atoms with Crippen molar-refractivity contribution >= 4 is 17.3 Å². The molecule has 114 valence electrons. The van der Waals surface area contributed by atoms with Crippen molar-refractivity contribution in [1.82, 2.24) is 4.90 Å². The van der Waals surface area contributed by atoms with E-state index in [1.54, 1.807) is 24.1 Å². The predicted octanol–water partition coefficient (Wildman–Crippen LogP) is 3.04. The summed E-state index contributed by atoms with van der Waals surface area (Å²) < 4.78 is 0. The largest absolute Gasteiger partial charge is 0.380 e. The van der Waals surface area contributed by atoms with Gasteiger partial charge < -0.3 is 10.2 Å². The molecule has 0 unspecified atom stereocenters. The second kappa shape index (κ2) is 6.56. The summed E-state index contributed by atoms with van der Waals surface area (Å²) in [7, 11) is 1.78. The third kappa shape index (κ3) is 3.32. The molecule has 0 aliphatic heterocycles. The van der Waals surface area contributed by atoms with Gasteiger partial charge in [0, 0.05) is 31.3 Å². The zero-order chi connectivity index (χ0) is 15.4. The van der Waals surface area contributed by atoms with Crippen LogP contribution in [0.3, 0.4) is 0 Å². The van der Waals surface area contributed by atoms with Crippen molar-refractivity contribution in [2.75, 3.05) is 18.9 Å². The number of anilines is 1. The number of carbonyl (C=O) groups is 1. The maximum Gasteiger partial charge on any atom is 0.293 e. The van der Waals surface area contributed by atoms with E-state index >= 15 is 0 Å². The lowest BCUT2D eigenvalue weighted by molar-refractivity contribution is -0.384. The number of nitrogens with one attached hydrogen (secondary N) is 1. The Morgan fingerprint density at radius 2 is 2.10 bits per heavy atom. The molecule has 2 rings (SSSR count). The van der Waals surface area contributed by atoms with Crippen LogP contribution in [0.1, 0.15) is 43.0 Å². The van der Waals surface area contributed by atoms with Crippen LogP contribution in [0.25, 0.3) is 0 Å². The summed E-state index contributed by atoms with van der Waals surface area (Å²) in [5.74, 6) is -0.145. The van der Waals surface area contributed by atoms with E-state index in [0.29, 0.717) is 17.8 Å². The van der Waals surface area contributed by atoms with Crippen LogP contribution in [0.5, 0.6) is 0 Å². The Kier molecular flexibility index (Phi) is 4.77. The number of nitrogens with zero attached hydrogens (tertiary/aromatic N) is 2.